The number of rotatable bonds is 3. The minimum Gasteiger partial charge on any atom is -0.333 e. The van der Waals surface area contributed by atoms with Crippen LogP contribution in [-0.2, 0) is 0 Å². The number of thiazole rings is 1. The Morgan fingerprint density at radius 3 is 2.32 bits per heavy atom. The number of para-hydroxylation sites is 1. The molecule has 0 bridgehead atoms. The van der Waals surface area contributed by atoms with Crippen LogP contribution < -0.4 is 16.0 Å². The number of carbonyl (C=O) groups is 2. The number of hydrogen-bond acceptors (Lipinski definition) is 4. The van der Waals surface area contributed by atoms with Gasteiger partial charge in [0.1, 0.15) is 0 Å². The molecule has 6 nitrogen and oxygen atoms in total. The first-order valence-electron chi connectivity index (χ1n) is 9.00. The number of anilines is 2. The highest BCUT2D eigenvalue weighted by Crippen LogP contribution is 2.28. The number of carbonyl (C=O) groups excluding carboxylic acids is 2. The van der Waals surface area contributed by atoms with Gasteiger partial charge in [-0.25, -0.2) is 9.78 Å². The van der Waals surface area contributed by atoms with Crippen molar-refractivity contribution in [2.24, 2.45) is 0 Å². The van der Waals surface area contributed by atoms with Gasteiger partial charge in [0, 0.05) is 16.8 Å². The minimum atomic E-state index is -0.334. The van der Waals surface area contributed by atoms with Gasteiger partial charge >= 0.3 is 6.03 Å². The average Bonchev–Trinajstić information content (AvgIpc) is 2.97. The molecule has 1 aromatic heterocycles. The molecular formula is C21H24N4O2S. The van der Waals surface area contributed by atoms with E-state index in [1.54, 1.807) is 18.2 Å². The van der Waals surface area contributed by atoms with E-state index >= 15 is 0 Å². The van der Waals surface area contributed by atoms with Crippen molar-refractivity contribution in [3.8, 4) is 0 Å². The summed E-state index contributed by atoms with van der Waals surface area (Å²) in [5.41, 5.74) is 3.81. The maximum absolute atomic E-state index is 12.7. The fraction of sp³-hybridized carbons (Fsp3) is 0.286. The Balaban J connectivity index is 1.79. The molecule has 0 aliphatic carbocycles. The molecule has 3 aromatic rings. The highest BCUT2D eigenvalue weighted by Gasteiger charge is 2.16. The van der Waals surface area contributed by atoms with E-state index in [9.17, 15) is 9.59 Å². The van der Waals surface area contributed by atoms with Crippen LogP contribution in [0.1, 0.15) is 42.3 Å². The molecule has 0 atom stereocenters. The number of benzene rings is 2. The molecule has 146 valence electrons. The second-order valence-electron chi connectivity index (χ2n) is 7.75. The molecule has 0 spiro atoms. The number of nitrogens with zero attached hydrogens (tertiary/aromatic N) is 1. The van der Waals surface area contributed by atoms with Gasteiger partial charge < -0.3 is 10.6 Å². The first kappa shape index (κ1) is 19.8. The van der Waals surface area contributed by atoms with Crippen molar-refractivity contribution in [2.45, 2.75) is 40.2 Å². The van der Waals surface area contributed by atoms with E-state index in [-0.39, 0.29) is 17.5 Å². The van der Waals surface area contributed by atoms with Crippen LogP contribution in [0.3, 0.4) is 0 Å². The molecule has 28 heavy (non-hydrogen) atoms. The lowest BCUT2D eigenvalue weighted by Gasteiger charge is -2.19. The summed E-state index contributed by atoms with van der Waals surface area (Å²) in [6, 6.07) is 10.9. The third-order valence-electron chi connectivity index (χ3n) is 4.08. The molecular weight excluding hydrogens is 372 g/mol. The first-order valence-corrected chi connectivity index (χ1v) is 9.81. The number of nitrogens with one attached hydrogen (secondary N) is 3. The van der Waals surface area contributed by atoms with Gasteiger partial charge in [0.2, 0.25) is 0 Å². The molecule has 0 radical (unpaired) electrons. The van der Waals surface area contributed by atoms with Crippen LogP contribution in [-0.4, -0.2) is 22.5 Å². The monoisotopic (exact) mass is 396 g/mol. The van der Waals surface area contributed by atoms with Crippen molar-refractivity contribution < 1.29 is 9.59 Å². The predicted octanol–water partition coefficient (Wildman–Crippen LogP) is 5.09. The smallest absolute Gasteiger partial charge is 0.321 e. The normalized spacial score (nSPS) is 11.3. The lowest BCUT2D eigenvalue weighted by molar-refractivity contribution is 0.102. The van der Waals surface area contributed by atoms with Crippen LogP contribution in [0.25, 0.3) is 10.2 Å². The van der Waals surface area contributed by atoms with Crippen LogP contribution in [0.4, 0.5) is 15.6 Å². The van der Waals surface area contributed by atoms with E-state index in [0.29, 0.717) is 10.7 Å². The van der Waals surface area contributed by atoms with Crippen molar-refractivity contribution >= 4 is 44.3 Å². The summed E-state index contributed by atoms with van der Waals surface area (Å²) in [7, 11) is 0. The molecule has 0 aliphatic rings. The number of hydrogen-bond donors (Lipinski definition) is 3. The third kappa shape index (κ3) is 4.67. The number of aryl methyl sites for hydroxylation is 2. The molecule has 3 rings (SSSR count). The van der Waals surface area contributed by atoms with Crippen LogP contribution in [0.15, 0.2) is 36.4 Å². The van der Waals surface area contributed by atoms with E-state index in [0.717, 1.165) is 27.0 Å². The molecule has 0 fully saturated rings. The zero-order chi connectivity index (χ0) is 20.5. The van der Waals surface area contributed by atoms with Crippen molar-refractivity contribution in [2.75, 3.05) is 10.6 Å². The zero-order valence-corrected chi connectivity index (χ0v) is 17.5. The van der Waals surface area contributed by atoms with E-state index in [2.05, 4.69) is 20.9 Å². The van der Waals surface area contributed by atoms with Crippen molar-refractivity contribution in [3.63, 3.8) is 0 Å². The van der Waals surface area contributed by atoms with Crippen LogP contribution in [0.2, 0.25) is 0 Å². The van der Waals surface area contributed by atoms with E-state index in [1.165, 1.54) is 11.3 Å². The summed E-state index contributed by atoms with van der Waals surface area (Å²) in [4.78, 5) is 29.1. The summed E-state index contributed by atoms with van der Waals surface area (Å²) >= 11 is 1.33. The molecule has 2 aromatic carbocycles. The second kappa shape index (κ2) is 7.59. The van der Waals surface area contributed by atoms with Crippen molar-refractivity contribution in [1.82, 2.24) is 10.3 Å². The number of amides is 3. The number of urea groups is 1. The van der Waals surface area contributed by atoms with Gasteiger partial charge in [-0.1, -0.05) is 29.5 Å². The third-order valence-corrected chi connectivity index (χ3v) is 5.01. The van der Waals surface area contributed by atoms with Gasteiger partial charge in [-0.15, -0.1) is 0 Å². The summed E-state index contributed by atoms with van der Waals surface area (Å²) < 4.78 is 0.834. The summed E-state index contributed by atoms with van der Waals surface area (Å²) in [5.74, 6) is -0.173. The molecule has 0 saturated carbocycles. The lowest BCUT2D eigenvalue weighted by Crippen LogP contribution is -2.43. The average molecular weight is 397 g/mol. The van der Waals surface area contributed by atoms with Gasteiger partial charge in [-0.3, -0.25) is 10.1 Å². The van der Waals surface area contributed by atoms with Crippen LogP contribution in [0.5, 0.6) is 0 Å². The van der Waals surface area contributed by atoms with Gasteiger partial charge in [-0.05, 0) is 63.9 Å². The highest BCUT2D eigenvalue weighted by atomic mass is 32.1. The fourth-order valence-electron chi connectivity index (χ4n) is 2.79. The van der Waals surface area contributed by atoms with Crippen molar-refractivity contribution in [3.05, 3.63) is 53.1 Å². The van der Waals surface area contributed by atoms with Crippen molar-refractivity contribution in [1.29, 1.82) is 0 Å². The molecule has 7 heteroatoms. The molecule has 3 amide bonds. The lowest BCUT2D eigenvalue weighted by atomic mass is 10.1. The summed E-state index contributed by atoms with van der Waals surface area (Å²) in [5, 5.41) is 9.06. The predicted molar refractivity (Wildman–Crippen MR) is 115 cm³/mol. The Morgan fingerprint density at radius 2 is 1.68 bits per heavy atom. The Labute approximate surface area is 168 Å². The SMILES string of the molecule is Cc1cccc(C)c1NC(=O)c1ccc2nc(NC(=O)NC(C)(C)C)sc2c1. The van der Waals surface area contributed by atoms with Gasteiger partial charge in [0.05, 0.1) is 10.2 Å². The summed E-state index contributed by atoms with van der Waals surface area (Å²) in [6.45, 7) is 9.66. The molecule has 3 N–H and O–H groups in total. The maximum Gasteiger partial charge on any atom is 0.321 e. The molecule has 1 heterocycles. The Hall–Kier alpha value is -2.93. The largest absolute Gasteiger partial charge is 0.333 e. The van der Waals surface area contributed by atoms with E-state index < -0.39 is 0 Å². The molecule has 0 saturated heterocycles. The van der Waals surface area contributed by atoms with E-state index in [1.807, 2.05) is 52.8 Å². The minimum absolute atomic E-state index is 0.173. The Bertz CT molecular complexity index is 1030. The van der Waals surface area contributed by atoms with Crippen LogP contribution >= 0.6 is 11.3 Å². The fourth-order valence-corrected chi connectivity index (χ4v) is 3.69. The van der Waals surface area contributed by atoms with E-state index in [4.69, 9.17) is 0 Å². The zero-order valence-electron chi connectivity index (χ0n) is 16.6. The molecule has 0 unspecified atom stereocenters. The topological polar surface area (TPSA) is 83.1 Å². The first-order chi connectivity index (χ1) is 13.1. The number of fused-ring (bicyclic) bond motifs is 1. The quantitative estimate of drug-likeness (QED) is 0.577. The van der Waals surface area contributed by atoms with Crippen LogP contribution in [0, 0.1) is 13.8 Å². The maximum atomic E-state index is 12.7. The summed E-state index contributed by atoms with van der Waals surface area (Å²) in [6.07, 6.45) is 0. The number of aromatic nitrogens is 1. The Kier molecular flexibility index (Phi) is 5.38. The van der Waals surface area contributed by atoms with Gasteiger partial charge in [0.15, 0.2) is 5.13 Å². The standard InChI is InChI=1S/C21H24N4O2S/c1-12-7-6-8-13(2)17(12)23-18(26)14-9-10-15-16(11-14)28-20(22-15)24-19(27)25-21(3,4)5/h6-11H,1-5H3,(H,23,26)(H2,22,24,25,27). The second-order valence-corrected chi connectivity index (χ2v) is 8.78. The van der Waals surface area contributed by atoms with Gasteiger partial charge in [0.25, 0.3) is 5.91 Å². The highest BCUT2D eigenvalue weighted by molar-refractivity contribution is 7.22. The Morgan fingerprint density at radius 1 is 1.00 bits per heavy atom. The molecule has 0 aliphatic heterocycles. The van der Waals surface area contributed by atoms with Gasteiger partial charge in [-0.2, -0.15) is 0 Å².